The van der Waals surface area contributed by atoms with Crippen molar-refractivity contribution in [3.63, 3.8) is 0 Å². The van der Waals surface area contributed by atoms with Gasteiger partial charge in [-0.1, -0.05) is 22.1 Å². The Kier molecular flexibility index (Phi) is 3.42. The van der Waals surface area contributed by atoms with Crippen molar-refractivity contribution in [2.45, 2.75) is 0 Å². The summed E-state index contributed by atoms with van der Waals surface area (Å²) in [4.78, 5) is 13.8. The molecule has 8 heteroatoms. The number of piperazine rings is 1. The van der Waals surface area contributed by atoms with Crippen LogP contribution in [0.4, 0.5) is 3.89 Å². The maximum Gasteiger partial charge on any atom is 0.374 e. The third kappa shape index (κ3) is 2.77. The summed E-state index contributed by atoms with van der Waals surface area (Å²) in [5.74, 6) is -0.116. The van der Waals surface area contributed by atoms with Crippen LogP contribution in [0.5, 0.6) is 0 Å². The number of halogens is 1. The molecule has 1 fully saturated rings. The van der Waals surface area contributed by atoms with E-state index in [2.05, 4.69) is 0 Å². The number of para-hydroxylation sites is 1. The van der Waals surface area contributed by atoms with Crippen molar-refractivity contribution < 1.29 is 21.5 Å². The molecule has 0 atom stereocenters. The summed E-state index contributed by atoms with van der Waals surface area (Å²) in [7, 11) is -4.69. The molecule has 0 spiro atoms. The number of hydrogen-bond acceptors (Lipinski definition) is 4. The number of rotatable bonds is 2. The van der Waals surface area contributed by atoms with E-state index in [-0.39, 0.29) is 37.8 Å². The van der Waals surface area contributed by atoms with Crippen LogP contribution in [0.15, 0.2) is 34.7 Å². The van der Waals surface area contributed by atoms with Gasteiger partial charge in [0.25, 0.3) is 5.91 Å². The number of nitrogens with zero attached hydrogens (tertiary/aromatic N) is 2. The van der Waals surface area contributed by atoms with Crippen molar-refractivity contribution in [2.75, 3.05) is 26.2 Å². The highest BCUT2D eigenvalue weighted by atomic mass is 32.3. The third-order valence-electron chi connectivity index (χ3n) is 3.47. The monoisotopic (exact) mass is 312 g/mol. The highest BCUT2D eigenvalue weighted by Crippen LogP contribution is 2.21. The van der Waals surface area contributed by atoms with Gasteiger partial charge in [0.15, 0.2) is 5.76 Å². The molecule has 0 radical (unpaired) electrons. The average molecular weight is 312 g/mol. The van der Waals surface area contributed by atoms with E-state index in [1.807, 2.05) is 18.2 Å². The lowest BCUT2D eigenvalue weighted by Crippen LogP contribution is -2.49. The summed E-state index contributed by atoms with van der Waals surface area (Å²) in [5.41, 5.74) is 0.617. The standard InChI is InChI=1S/C13H13FN2O4S/c14-21(18,19)16-7-5-15(6-8-16)13(17)12-9-10-3-1-2-4-11(10)20-12/h1-4,9H,5-8H2. The molecular weight excluding hydrogens is 299 g/mol. The summed E-state index contributed by atoms with van der Waals surface area (Å²) < 4.78 is 40.6. The number of benzene rings is 1. The number of carbonyl (C=O) groups is 1. The van der Waals surface area contributed by atoms with E-state index in [4.69, 9.17) is 4.42 Å². The van der Waals surface area contributed by atoms with Crippen LogP contribution in [0.3, 0.4) is 0 Å². The van der Waals surface area contributed by atoms with Gasteiger partial charge >= 0.3 is 10.4 Å². The Balaban J connectivity index is 1.75. The molecule has 0 bridgehead atoms. The van der Waals surface area contributed by atoms with Gasteiger partial charge in [-0.3, -0.25) is 4.79 Å². The molecule has 1 aromatic carbocycles. The van der Waals surface area contributed by atoms with Crippen LogP contribution in [0.25, 0.3) is 11.0 Å². The van der Waals surface area contributed by atoms with Gasteiger partial charge in [-0.25, -0.2) is 0 Å². The van der Waals surface area contributed by atoms with Crippen LogP contribution < -0.4 is 0 Å². The van der Waals surface area contributed by atoms with Crippen LogP contribution >= 0.6 is 0 Å². The lowest BCUT2D eigenvalue weighted by atomic mass is 10.2. The predicted molar refractivity (Wildman–Crippen MR) is 73.7 cm³/mol. The summed E-state index contributed by atoms with van der Waals surface area (Å²) in [6.07, 6.45) is 0. The maximum absolute atomic E-state index is 12.8. The SMILES string of the molecule is O=C(c1cc2ccccc2o1)N1CCN(S(=O)(=O)F)CC1. The van der Waals surface area contributed by atoms with Crippen molar-refractivity contribution in [2.24, 2.45) is 0 Å². The molecule has 1 saturated heterocycles. The zero-order valence-electron chi connectivity index (χ0n) is 11.0. The van der Waals surface area contributed by atoms with E-state index in [1.54, 1.807) is 12.1 Å². The van der Waals surface area contributed by atoms with Gasteiger partial charge in [0, 0.05) is 31.6 Å². The molecule has 3 rings (SSSR count). The second-order valence-electron chi connectivity index (χ2n) is 4.78. The van der Waals surface area contributed by atoms with Gasteiger partial charge in [-0.2, -0.15) is 12.7 Å². The highest BCUT2D eigenvalue weighted by Gasteiger charge is 2.29. The zero-order chi connectivity index (χ0) is 15.0. The van der Waals surface area contributed by atoms with Crippen molar-refractivity contribution in [1.29, 1.82) is 0 Å². The fraction of sp³-hybridized carbons (Fsp3) is 0.308. The molecule has 0 aliphatic carbocycles. The quantitative estimate of drug-likeness (QED) is 0.786. The van der Waals surface area contributed by atoms with E-state index in [1.165, 1.54) is 4.90 Å². The van der Waals surface area contributed by atoms with Gasteiger partial charge in [0.2, 0.25) is 0 Å². The maximum atomic E-state index is 12.8. The molecule has 2 heterocycles. The third-order valence-corrected chi connectivity index (χ3v) is 4.45. The first kappa shape index (κ1) is 14.0. The lowest BCUT2D eigenvalue weighted by Gasteiger charge is -2.31. The van der Waals surface area contributed by atoms with Gasteiger partial charge < -0.3 is 9.32 Å². The molecule has 0 N–H and O–H groups in total. The Bertz CT molecular complexity index is 745. The van der Waals surface area contributed by atoms with Gasteiger partial charge in [-0.05, 0) is 12.1 Å². The van der Waals surface area contributed by atoms with Crippen LogP contribution in [0.1, 0.15) is 10.6 Å². The summed E-state index contributed by atoms with van der Waals surface area (Å²) in [6.45, 7) is 0.174. The summed E-state index contributed by atoms with van der Waals surface area (Å²) in [6, 6.07) is 8.90. The summed E-state index contributed by atoms with van der Waals surface area (Å²) in [5, 5.41) is 0.825. The number of hydrogen-bond donors (Lipinski definition) is 0. The van der Waals surface area contributed by atoms with Crippen LogP contribution in [-0.4, -0.2) is 49.7 Å². The minimum Gasteiger partial charge on any atom is -0.451 e. The fourth-order valence-electron chi connectivity index (χ4n) is 2.35. The van der Waals surface area contributed by atoms with Crippen LogP contribution in [-0.2, 0) is 10.4 Å². The van der Waals surface area contributed by atoms with E-state index < -0.39 is 10.4 Å². The van der Waals surface area contributed by atoms with Crippen molar-refractivity contribution in [3.05, 3.63) is 36.1 Å². The second kappa shape index (κ2) is 5.12. The van der Waals surface area contributed by atoms with Crippen LogP contribution in [0.2, 0.25) is 0 Å². The van der Waals surface area contributed by atoms with E-state index in [9.17, 15) is 17.1 Å². The molecule has 1 aliphatic heterocycles. The molecule has 1 amide bonds. The first-order valence-corrected chi connectivity index (χ1v) is 7.77. The number of furan rings is 1. The lowest BCUT2D eigenvalue weighted by molar-refractivity contribution is 0.0665. The molecule has 1 aliphatic rings. The minimum absolute atomic E-state index is 0.0508. The van der Waals surface area contributed by atoms with Crippen LogP contribution in [0, 0.1) is 0 Å². The normalized spacial score (nSPS) is 17.3. The van der Waals surface area contributed by atoms with E-state index >= 15 is 0 Å². The minimum atomic E-state index is -4.69. The van der Waals surface area contributed by atoms with Crippen molar-refractivity contribution in [3.8, 4) is 0 Å². The zero-order valence-corrected chi connectivity index (χ0v) is 11.8. The molecule has 0 unspecified atom stereocenters. The number of carbonyl (C=O) groups excluding carboxylic acids is 1. The Morgan fingerprint density at radius 3 is 2.43 bits per heavy atom. The van der Waals surface area contributed by atoms with E-state index in [0.717, 1.165) is 9.69 Å². The van der Waals surface area contributed by atoms with Gasteiger partial charge in [0.1, 0.15) is 5.58 Å². The van der Waals surface area contributed by atoms with E-state index in [0.29, 0.717) is 5.58 Å². The molecule has 6 nitrogen and oxygen atoms in total. The Morgan fingerprint density at radius 1 is 1.14 bits per heavy atom. The van der Waals surface area contributed by atoms with Crippen molar-refractivity contribution >= 4 is 27.3 Å². The largest absolute Gasteiger partial charge is 0.451 e. The smallest absolute Gasteiger partial charge is 0.374 e. The van der Waals surface area contributed by atoms with Gasteiger partial charge in [0.05, 0.1) is 0 Å². The number of amides is 1. The predicted octanol–water partition coefficient (Wildman–Crippen LogP) is 1.40. The first-order chi connectivity index (χ1) is 9.95. The Labute approximate surface area is 121 Å². The van der Waals surface area contributed by atoms with Gasteiger partial charge in [-0.15, -0.1) is 0 Å². The molecule has 21 heavy (non-hydrogen) atoms. The molecule has 1 aromatic heterocycles. The Hall–Kier alpha value is -1.93. The topological polar surface area (TPSA) is 70.8 Å². The Morgan fingerprint density at radius 2 is 1.81 bits per heavy atom. The first-order valence-electron chi connectivity index (χ1n) is 6.43. The molecule has 0 saturated carbocycles. The molecular formula is C13H13FN2O4S. The second-order valence-corrected chi connectivity index (χ2v) is 6.12. The summed E-state index contributed by atoms with van der Waals surface area (Å²) >= 11 is 0. The van der Waals surface area contributed by atoms with Crippen molar-refractivity contribution in [1.82, 2.24) is 9.21 Å². The molecule has 112 valence electrons. The number of fused-ring (bicyclic) bond motifs is 1. The molecule has 2 aromatic rings. The average Bonchev–Trinajstić information content (AvgIpc) is 2.89. The highest BCUT2D eigenvalue weighted by molar-refractivity contribution is 7.83. The fourth-order valence-corrected chi connectivity index (χ4v) is 2.95.